The Morgan fingerprint density at radius 2 is 1.86 bits per heavy atom. The Balaban J connectivity index is 1.79. The molecule has 1 aliphatic rings. The monoisotopic (exact) mass is 382 g/mol. The third-order valence-corrected chi connectivity index (χ3v) is 5.07. The summed E-state index contributed by atoms with van der Waals surface area (Å²) in [6.45, 7) is 3.13. The van der Waals surface area contributed by atoms with Crippen molar-refractivity contribution in [3.05, 3.63) is 53.1 Å². The van der Waals surface area contributed by atoms with E-state index in [2.05, 4.69) is 0 Å². The van der Waals surface area contributed by atoms with Crippen molar-refractivity contribution in [1.29, 1.82) is 0 Å². The number of carbonyl (C=O) groups is 2. The van der Waals surface area contributed by atoms with Crippen LogP contribution in [-0.4, -0.2) is 44.5 Å². The number of amides is 2. The number of carbonyl (C=O) groups excluding carboxylic acids is 2. The van der Waals surface area contributed by atoms with Gasteiger partial charge in [-0.15, -0.1) is 0 Å². The van der Waals surface area contributed by atoms with Crippen molar-refractivity contribution in [2.24, 2.45) is 0 Å². The van der Waals surface area contributed by atoms with Gasteiger partial charge in [-0.2, -0.15) is 0 Å². The van der Waals surface area contributed by atoms with Crippen LogP contribution in [-0.2, 0) is 11.3 Å². The summed E-state index contributed by atoms with van der Waals surface area (Å²) >= 11 is 0. The average Bonchev–Trinajstić information content (AvgIpc) is 3.14. The first-order chi connectivity index (χ1) is 13.4. The molecule has 28 heavy (non-hydrogen) atoms. The number of methoxy groups -OCH3 is 2. The lowest BCUT2D eigenvalue weighted by Crippen LogP contribution is -2.27. The highest BCUT2D eigenvalue weighted by molar-refractivity contribution is 5.99. The van der Waals surface area contributed by atoms with Gasteiger partial charge in [0.25, 0.3) is 5.91 Å². The molecule has 3 rings (SSSR count). The molecule has 1 aliphatic heterocycles. The normalized spacial score (nSPS) is 13.6. The number of nitrogens with zero attached hydrogens (tertiary/aromatic N) is 2. The van der Waals surface area contributed by atoms with Crippen molar-refractivity contribution in [3.8, 4) is 11.5 Å². The van der Waals surface area contributed by atoms with Gasteiger partial charge >= 0.3 is 0 Å². The van der Waals surface area contributed by atoms with Crippen molar-refractivity contribution in [2.45, 2.75) is 26.3 Å². The Morgan fingerprint density at radius 3 is 2.50 bits per heavy atom. The van der Waals surface area contributed by atoms with Gasteiger partial charge in [0.2, 0.25) is 5.91 Å². The number of rotatable bonds is 6. The molecule has 0 N–H and O–H groups in total. The van der Waals surface area contributed by atoms with E-state index < -0.39 is 0 Å². The number of benzene rings is 2. The molecule has 0 saturated carbocycles. The van der Waals surface area contributed by atoms with E-state index in [9.17, 15) is 9.59 Å². The van der Waals surface area contributed by atoms with Crippen LogP contribution in [0.25, 0.3) is 0 Å². The zero-order valence-electron chi connectivity index (χ0n) is 16.8. The van der Waals surface area contributed by atoms with Gasteiger partial charge in [0.1, 0.15) is 0 Å². The molecule has 0 bridgehead atoms. The summed E-state index contributed by atoms with van der Waals surface area (Å²) in [4.78, 5) is 28.4. The molecule has 0 spiro atoms. The highest BCUT2D eigenvalue weighted by atomic mass is 16.5. The lowest BCUT2D eigenvalue weighted by atomic mass is 10.1. The molecular weight excluding hydrogens is 356 g/mol. The summed E-state index contributed by atoms with van der Waals surface area (Å²) in [6.07, 6.45) is 1.42. The first-order valence-electron chi connectivity index (χ1n) is 9.32. The number of hydrogen-bond donors (Lipinski definition) is 0. The van der Waals surface area contributed by atoms with Crippen molar-refractivity contribution in [1.82, 2.24) is 4.90 Å². The number of anilines is 1. The van der Waals surface area contributed by atoms with E-state index in [1.165, 1.54) is 0 Å². The van der Waals surface area contributed by atoms with Crippen LogP contribution < -0.4 is 14.4 Å². The molecule has 2 aromatic rings. The zero-order valence-corrected chi connectivity index (χ0v) is 16.8. The molecule has 0 aliphatic carbocycles. The molecule has 2 amide bonds. The van der Waals surface area contributed by atoms with E-state index in [1.807, 2.05) is 31.2 Å². The Labute approximate surface area is 165 Å². The molecule has 1 saturated heterocycles. The van der Waals surface area contributed by atoms with Gasteiger partial charge in [-0.05, 0) is 54.8 Å². The van der Waals surface area contributed by atoms with E-state index in [4.69, 9.17) is 9.47 Å². The van der Waals surface area contributed by atoms with Crippen molar-refractivity contribution >= 4 is 17.5 Å². The maximum Gasteiger partial charge on any atom is 0.253 e. The van der Waals surface area contributed by atoms with Crippen LogP contribution >= 0.6 is 0 Å². The lowest BCUT2D eigenvalue weighted by molar-refractivity contribution is -0.117. The number of hydrogen-bond acceptors (Lipinski definition) is 4. The minimum Gasteiger partial charge on any atom is -0.493 e. The Kier molecular flexibility index (Phi) is 5.87. The average molecular weight is 382 g/mol. The van der Waals surface area contributed by atoms with Gasteiger partial charge in [0.05, 0.1) is 14.2 Å². The minimum absolute atomic E-state index is 0.0947. The molecule has 6 nitrogen and oxygen atoms in total. The number of aryl methyl sites for hydroxylation is 1. The van der Waals surface area contributed by atoms with Gasteiger partial charge in [-0.1, -0.05) is 6.07 Å². The second kappa shape index (κ2) is 8.33. The van der Waals surface area contributed by atoms with Crippen LogP contribution in [0.1, 0.15) is 34.3 Å². The van der Waals surface area contributed by atoms with E-state index >= 15 is 0 Å². The summed E-state index contributed by atoms with van der Waals surface area (Å²) < 4.78 is 10.7. The predicted molar refractivity (Wildman–Crippen MR) is 108 cm³/mol. The highest BCUT2D eigenvalue weighted by Crippen LogP contribution is 2.31. The SMILES string of the molecule is COc1cc(C)c(CN(C)C(=O)c2cccc(N3CCCC3=O)c2)cc1OC. The summed E-state index contributed by atoms with van der Waals surface area (Å²) in [5.41, 5.74) is 3.36. The standard InChI is InChI=1S/C22H26N2O4/c1-15-11-19(27-3)20(28-4)13-17(15)14-23(2)22(26)16-7-5-8-18(12-16)24-10-6-9-21(24)25/h5,7-8,11-13H,6,9-10,14H2,1-4H3. The second-order valence-electron chi connectivity index (χ2n) is 6.99. The minimum atomic E-state index is -0.0947. The zero-order chi connectivity index (χ0) is 20.3. The van der Waals surface area contributed by atoms with Crippen molar-refractivity contribution in [3.63, 3.8) is 0 Å². The van der Waals surface area contributed by atoms with Gasteiger partial charge in [-0.3, -0.25) is 9.59 Å². The van der Waals surface area contributed by atoms with E-state index in [1.54, 1.807) is 43.2 Å². The summed E-state index contributed by atoms with van der Waals surface area (Å²) in [5.74, 6) is 1.32. The van der Waals surface area contributed by atoms with Crippen LogP contribution in [0.2, 0.25) is 0 Å². The van der Waals surface area contributed by atoms with E-state index in [-0.39, 0.29) is 11.8 Å². The first kappa shape index (κ1) is 19.7. The van der Waals surface area contributed by atoms with E-state index in [0.29, 0.717) is 36.6 Å². The molecule has 2 aromatic carbocycles. The second-order valence-corrected chi connectivity index (χ2v) is 6.99. The molecule has 1 heterocycles. The molecule has 148 valence electrons. The fourth-order valence-electron chi connectivity index (χ4n) is 3.47. The third-order valence-electron chi connectivity index (χ3n) is 5.07. The third kappa shape index (κ3) is 3.96. The fraction of sp³-hybridized carbons (Fsp3) is 0.364. The summed E-state index contributed by atoms with van der Waals surface area (Å²) in [5, 5.41) is 0. The molecule has 0 radical (unpaired) electrons. The maximum absolute atomic E-state index is 13.0. The van der Waals surface area contributed by atoms with Crippen LogP contribution in [0.5, 0.6) is 11.5 Å². The van der Waals surface area contributed by atoms with Gasteiger partial charge in [0, 0.05) is 37.8 Å². The molecule has 6 heteroatoms. The highest BCUT2D eigenvalue weighted by Gasteiger charge is 2.23. The summed E-state index contributed by atoms with van der Waals surface area (Å²) in [7, 11) is 4.97. The maximum atomic E-state index is 13.0. The molecule has 0 unspecified atom stereocenters. The van der Waals surface area contributed by atoms with Gasteiger partial charge in [0.15, 0.2) is 11.5 Å². The van der Waals surface area contributed by atoms with Crippen LogP contribution in [0.3, 0.4) is 0 Å². The van der Waals surface area contributed by atoms with Crippen molar-refractivity contribution < 1.29 is 19.1 Å². The predicted octanol–water partition coefficient (Wildman–Crippen LogP) is 3.41. The fourth-order valence-corrected chi connectivity index (χ4v) is 3.47. The summed E-state index contributed by atoms with van der Waals surface area (Å²) in [6, 6.07) is 11.1. The van der Waals surface area contributed by atoms with Crippen LogP contribution in [0, 0.1) is 6.92 Å². The van der Waals surface area contributed by atoms with Gasteiger partial charge < -0.3 is 19.3 Å². The Hall–Kier alpha value is -3.02. The van der Waals surface area contributed by atoms with Crippen LogP contribution in [0.15, 0.2) is 36.4 Å². The topological polar surface area (TPSA) is 59.1 Å². The smallest absolute Gasteiger partial charge is 0.253 e. The van der Waals surface area contributed by atoms with Crippen LogP contribution in [0.4, 0.5) is 5.69 Å². The largest absolute Gasteiger partial charge is 0.493 e. The Morgan fingerprint density at radius 1 is 1.14 bits per heavy atom. The number of ether oxygens (including phenoxy) is 2. The quantitative estimate of drug-likeness (QED) is 0.768. The first-order valence-corrected chi connectivity index (χ1v) is 9.32. The molecular formula is C22H26N2O4. The van der Waals surface area contributed by atoms with Gasteiger partial charge in [-0.25, -0.2) is 0 Å². The van der Waals surface area contributed by atoms with E-state index in [0.717, 1.165) is 23.2 Å². The Bertz CT molecular complexity index is 894. The lowest BCUT2D eigenvalue weighted by Gasteiger charge is -2.21. The molecule has 0 atom stereocenters. The molecule has 1 fully saturated rings. The van der Waals surface area contributed by atoms with Crippen molar-refractivity contribution in [2.75, 3.05) is 32.7 Å². The molecule has 0 aromatic heterocycles.